The molecule has 1 heterocycles. The number of phenols is 1. The molecule has 0 bridgehead atoms. The summed E-state index contributed by atoms with van der Waals surface area (Å²) in [7, 11) is 3.51. The third kappa shape index (κ3) is 5.21. The van der Waals surface area contributed by atoms with E-state index in [4.69, 9.17) is 4.74 Å². The van der Waals surface area contributed by atoms with Crippen molar-refractivity contribution in [2.75, 3.05) is 45.2 Å². The number of hydrogen-bond acceptors (Lipinski definition) is 4. The van der Waals surface area contributed by atoms with Gasteiger partial charge in [0, 0.05) is 39.8 Å². The lowest BCUT2D eigenvalue weighted by atomic mass is 10.1. The Morgan fingerprint density at radius 2 is 1.86 bits per heavy atom. The number of aliphatic imine (C=N–C) groups is 1. The number of nitrogens with zero attached hydrogens (tertiary/aromatic N) is 3. The number of piperazine rings is 1. The number of anilines is 1. The van der Waals surface area contributed by atoms with Crippen molar-refractivity contribution < 1.29 is 9.84 Å². The van der Waals surface area contributed by atoms with Crippen LogP contribution in [0.2, 0.25) is 0 Å². The van der Waals surface area contributed by atoms with Gasteiger partial charge in [-0.05, 0) is 36.2 Å². The molecule has 0 aromatic heterocycles. The highest BCUT2D eigenvalue weighted by Gasteiger charge is 2.21. The number of ether oxygens (including phenoxy) is 1. The number of methoxy groups -OCH3 is 1. The maximum atomic E-state index is 10.1. The summed E-state index contributed by atoms with van der Waals surface area (Å²) >= 11 is 0. The molecule has 152 valence electrons. The number of para-hydroxylation sites is 2. The van der Waals surface area contributed by atoms with Gasteiger partial charge in [-0.2, -0.15) is 0 Å². The van der Waals surface area contributed by atoms with E-state index in [0.717, 1.165) is 54.7 Å². The molecule has 1 aliphatic rings. The minimum atomic E-state index is 0. The molecule has 1 aliphatic heterocycles. The molecular weight excluding hydrogens is 467 g/mol. The van der Waals surface area contributed by atoms with Crippen molar-refractivity contribution in [3.63, 3.8) is 0 Å². The van der Waals surface area contributed by atoms with Crippen LogP contribution in [-0.2, 0) is 6.54 Å². The number of hydrogen-bond donors (Lipinski definition) is 2. The first kappa shape index (κ1) is 22.1. The van der Waals surface area contributed by atoms with Gasteiger partial charge in [-0.1, -0.05) is 24.3 Å². The van der Waals surface area contributed by atoms with Crippen LogP contribution < -0.4 is 15.0 Å². The fourth-order valence-electron chi connectivity index (χ4n) is 3.38. The molecule has 0 radical (unpaired) electrons. The lowest BCUT2D eigenvalue weighted by Crippen LogP contribution is -2.52. The average molecular weight is 496 g/mol. The highest BCUT2D eigenvalue weighted by molar-refractivity contribution is 14.0. The Bertz CT molecular complexity index is 805. The normalized spacial score (nSPS) is 14.5. The Hall–Kier alpha value is -2.16. The van der Waals surface area contributed by atoms with Crippen LogP contribution in [0.15, 0.2) is 47.5 Å². The number of guanidine groups is 1. The minimum absolute atomic E-state index is 0. The second-order valence-corrected chi connectivity index (χ2v) is 6.67. The highest BCUT2D eigenvalue weighted by atomic mass is 127. The van der Waals surface area contributed by atoms with E-state index in [-0.39, 0.29) is 24.0 Å². The number of rotatable bonds is 4. The molecule has 0 spiro atoms. The van der Waals surface area contributed by atoms with Crippen LogP contribution in [0, 0.1) is 6.92 Å². The third-order valence-electron chi connectivity index (χ3n) is 4.94. The SMILES string of the molecule is CN=C(NCc1ccc(C)c(OC)c1)N1CCN(c2ccccc2O)CC1.I. The van der Waals surface area contributed by atoms with Gasteiger partial charge in [0.1, 0.15) is 11.5 Å². The second-order valence-electron chi connectivity index (χ2n) is 6.67. The smallest absolute Gasteiger partial charge is 0.194 e. The summed E-state index contributed by atoms with van der Waals surface area (Å²) in [5.74, 6) is 2.13. The van der Waals surface area contributed by atoms with Crippen LogP contribution in [0.1, 0.15) is 11.1 Å². The van der Waals surface area contributed by atoms with Crippen LogP contribution in [0.25, 0.3) is 0 Å². The summed E-state index contributed by atoms with van der Waals surface area (Å²) in [5, 5.41) is 13.5. The molecule has 0 atom stereocenters. The first-order chi connectivity index (χ1) is 13.1. The molecule has 2 aromatic carbocycles. The molecule has 0 aliphatic carbocycles. The van der Waals surface area contributed by atoms with Gasteiger partial charge in [-0.15, -0.1) is 24.0 Å². The van der Waals surface area contributed by atoms with Crippen molar-refractivity contribution in [1.82, 2.24) is 10.2 Å². The van der Waals surface area contributed by atoms with Gasteiger partial charge in [0.25, 0.3) is 0 Å². The largest absolute Gasteiger partial charge is 0.506 e. The van der Waals surface area contributed by atoms with Crippen molar-refractivity contribution in [2.24, 2.45) is 4.99 Å². The van der Waals surface area contributed by atoms with Gasteiger partial charge in [-0.3, -0.25) is 4.99 Å². The number of halogens is 1. The Labute approximate surface area is 184 Å². The van der Waals surface area contributed by atoms with E-state index in [2.05, 4.69) is 38.3 Å². The van der Waals surface area contributed by atoms with Crippen molar-refractivity contribution >= 4 is 35.6 Å². The summed E-state index contributed by atoms with van der Waals surface area (Å²) in [6.07, 6.45) is 0. The minimum Gasteiger partial charge on any atom is -0.506 e. The highest BCUT2D eigenvalue weighted by Crippen LogP contribution is 2.27. The second kappa shape index (κ2) is 10.4. The Morgan fingerprint density at radius 3 is 2.50 bits per heavy atom. The number of aryl methyl sites for hydroxylation is 1. The summed E-state index contributed by atoms with van der Waals surface area (Å²) in [4.78, 5) is 8.90. The zero-order valence-electron chi connectivity index (χ0n) is 16.7. The van der Waals surface area contributed by atoms with Gasteiger partial charge >= 0.3 is 0 Å². The molecule has 2 aromatic rings. The van der Waals surface area contributed by atoms with Crippen molar-refractivity contribution in [3.05, 3.63) is 53.6 Å². The molecule has 1 fully saturated rings. The molecule has 7 heteroatoms. The van der Waals surface area contributed by atoms with Crippen LogP contribution in [0.3, 0.4) is 0 Å². The van der Waals surface area contributed by atoms with E-state index < -0.39 is 0 Å². The molecule has 0 saturated carbocycles. The van der Waals surface area contributed by atoms with Crippen molar-refractivity contribution in [1.29, 1.82) is 0 Å². The zero-order chi connectivity index (χ0) is 19.2. The maximum Gasteiger partial charge on any atom is 0.194 e. The van der Waals surface area contributed by atoms with E-state index in [9.17, 15) is 5.11 Å². The third-order valence-corrected chi connectivity index (χ3v) is 4.94. The predicted molar refractivity (Wildman–Crippen MR) is 125 cm³/mol. The molecular formula is C21H29IN4O2. The average Bonchev–Trinajstić information content (AvgIpc) is 2.70. The molecule has 2 N–H and O–H groups in total. The topological polar surface area (TPSA) is 60.3 Å². The van der Waals surface area contributed by atoms with Crippen molar-refractivity contribution in [2.45, 2.75) is 13.5 Å². The Balaban J connectivity index is 0.00000280. The van der Waals surface area contributed by atoms with Crippen LogP contribution >= 0.6 is 24.0 Å². The van der Waals surface area contributed by atoms with E-state index >= 15 is 0 Å². The van der Waals surface area contributed by atoms with Crippen LogP contribution in [0.4, 0.5) is 5.69 Å². The lowest BCUT2D eigenvalue weighted by molar-refractivity contribution is 0.369. The maximum absolute atomic E-state index is 10.1. The van der Waals surface area contributed by atoms with Gasteiger partial charge < -0.3 is 25.0 Å². The molecule has 0 amide bonds. The van der Waals surface area contributed by atoms with E-state index in [1.54, 1.807) is 13.2 Å². The van der Waals surface area contributed by atoms with E-state index in [0.29, 0.717) is 12.3 Å². The molecule has 28 heavy (non-hydrogen) atoms. The summed E-state index contributed by atoms with van der Waals surface area (Å²) < 4.78 is 5.40. The zero-order valence-corrected chi connectivity index (χ0v) is 19.0. The van der Waals surface area contributed by atoms with Crippen molar-refractivity contribution in [3.8, 4) is 11.5 Å². The fourth-order valence-corrected chi connectivity index (χ4v) is 3.38. The number of benzene rings is 2. The molecule has 1 saturated heterocycles. The van der Waals surface area contributed by atoms with Crippen LogP contribution in [0.5, 0.6) is 11.5 Å². The number of aromatic hydroxyl groups is 1. The first-order valence-electron chi connectivity index (χ1n) is 9.24. The van der Waals surface area contributed by atoms with E-state index in [1.165, 1.54) is 0 Å². The predicted octanol–water partition coefficient (Wildman–Crippen LogP) is 3.22. The van der Waals surface area contributed by atoms with Gasteiger partial charge in [0.05, 0.1) is 12.8 Å². The molecule has 6 nitrogen and oxygen atoms in total. The number of phenolic OH excluding ortho intramolecular Hbond substituents is 1. The summed E-state index contributed by atoms with van der Waals surface area (Å²) in [5.41, 5.74) is 3.18. The Morgan fingerprint density at radius 1 is 1.14 bits per heavy atom. The molecule has 0 unspecified atom stereocenters. The number of nitrogens with one attached hydrogen (secondary N) is 1. The Kier molecular flexibility index (Phi) is 8.22. The van der Waals surface area contributed by atoms with Gasteiger partial charge in [-0.25, -0.2) is 0 Å². The quantitative estimate of drug-likeness (QED) is 0.387. The lowest BCUT2D eigenvalue weighted by Gasteiger charge is -2.37. The van der Waals surface area contributed by atoms with E-state index in [1.807, 2.05) is 32.2 Å². The fraction of sp³-hybridized carbons (Fsp3) is 0.381. The summed E-state index contributed by atoms with van der Waals surface area (Å²) in [6, 6.07) is 13.7. The standard InChI is InChI=1S/C21H28N4O2.HI/c1-16-8-9-17(14-20(16)27-3)15-23-21(22-2)25-12-10-24(11-13-25)18-6-4-5-7-19(18)26;/h4-9,14,26H,10-13,15H2,1-3H3,(H,22,23);1H. The summed E-state index contributed by atoms with van der Waals surface area (Å²) in [6.45, 7) is 6.13. The first-order valence-corrected chi connectivity index (χ1v) is 9.24. The van der Waals surface area contributed by atoms with Gasteiger partial charge in [0.2, 0.25) is 0 Å². The monoisotopic (exact) mass is 496 g/mol. The van der Waals surface area contributed by atoms with Crippen LogP contribution in [-0.4, -0.2) is 56.3 Å². The van der Waals surface area contributed by atoms with Gasteiger partial charge in [0.15, 0.2) is 5.96 Å². The molecule has 3 rings (SSSR count).